The maximum Gasteiger partial charge on any atom is 0.104 e. The predicted molar refractivity (Wildman–Crippen MR) is 63.2 cm³/mol. The quantitative estimate of drug-likeness (QED) is 0.694. The standard InChI is InChI=1S/C12H20O2S/c1-12(7-4-8-15(12)13)10-14-9-11-5-2-3-6-11/h9H,2-8,10H2,1H3. The fraction of sp³-hybridized carbons (Fsp3) is 0.833. The summed E-state index contributed by atoms with van der Waals surface area (Å²) in [5.74, 6) is 0.858. The summed E-state index contributed by atoms with van der Waals surface area (Å²) >= 11 is 0. The summed E-state index contributed by atoms with van der Waals surface area (Å²) < 4.78 is 17.3. The highest BCUT2D eigenvalue weighted by molar-refractivity contribution is 7.86. The third-order valence-electron chi connectivity index (χ3n) is 3.47. The minimum atomic E-state index is -0.683. The Labute approximate surface area is 94.5 Å². The smallest absolute Gasteiger partial charge is 0.104 e. The Hall–Kier alpha value is -0.310. The average molecular weight is 228 g/mol. The largest absolute Gasteiger partial charge is 0.500 e. The van der Waals surface area contributed by atoms with E-state index in [-0.39, 0.29) is 4.75 Å². The Morgan fingerprint density at radius 2 is 2.13 bits per heavy atom. The van der Waals surface area contributed by atoms with Crippen LogP contribution in [0, 0.1) is 0 Å². The molecule has 0 aromatic heterocycles. The molecular formula is C12H20O2S. The van der Waals surface area contributed by atoms with Crippen LogP contribution < -0.4 is 0 Å². The molecule has 2 nitrogen and oxygen atoms in total. The van der Waals surface area contributed by atoms with Crippen molar-refractivity contribution in [2.45, 2.75) is 50.2 Å². The van der Waals surface area contributed by atoms with Crippen LogP contribution in [0.3, 0.4) is 0 Å². The first-order valence-corrected chi connectivity index (χ1v) is 7.21. The van der Waals surface area contributed by atoms with E-state index in [1.54, 1.807) is 0 Å². The fourth-order valence-corrected chi connectivity index (χ4v) is 3.83. The van der Waals surface area contributed by atoms with E-state index < -0.39 is 10.8 Å². The predicted octanol–water partition coefficient (Wildman–Crippen LogP) is 2.76. The van der Waals surface area contributed by atoms with Gasteiger partial charge in [0.15, 0.2) is 0 Å². The zero-order valence-corrected chi connectivity index (χ0v) is 10.3. The van der Waals surface area contributed by atoms with Crippen LogP contribution in [0.2, 0.25) is 0 Å². The molecule has 0 amide bonds. The van der Waals surface area contributed by atoms with Crippen molar-refractivity contribution in [3.8, 4) is 0 Å². The molecule has 0 N–H and O–H groups in total. The highest BCUT2D eigenvalue weighted by Gasteiger charge is 2.36. The van der Waals surface area contributed by atoms with Gasteiger partial charge >= 0.3 is 0 Å². The van der Waals surface area contributed by atoms with Crippen LogP contribution >= 0.6 is 0 Å². The van der Waals surface area contributed by atoms with Crippen molar-refractivity contribution in [1.82, 2.24) is 0 Å². The molecule has 1 saturated heterocycles. The number of allylic oxidation sites excluding steroid dienone is 1. The van der Waals surface area contributed by atoms with Gasteiger partial charge in [0.1, 0.15) is 6.61 Å². The number of hydrogen-bond donors (Lipinski definition) is 0. The molecule has 1 saturated carbocycles. The van der Waals surface area contributed by atoms with E-state index in [2.05, 4.69) is 6.92 Å². The van der Waals surface area contributed by atoms with E-state index >= 15 is 0 Å². The molecule has 2 atom stereocenters. The molecule has 1 aliphatic heterocycles. The SMILES string of the molecule is CC1(COC=C2CCCC2)CCCS1=O. The van der Waals surface area contributed by atoms with Crippen LogP contribution in [0.25, 0.3) is 0 Å². The van der Waals surface area contributed by atoms with E-state index in [9.17, 15) is 4.21 Å². The third-order valence-corrected chi connectivity index (χ3v) is 5.55. The van der Waals surface area contributed by atoms with Crippen LogP contribution in [0.15, 0.2) is 11.8 Å². The van der Waals surface area contributed by atoms with Crippen LogP contribution in [0.1, 0.15) is 45.4 Å². The summed E-state index contributed by atoms with van der Waals surface area (Å²) in [6.45, 7) is 2.71. The first kappa shape index (κ1) is 11.2. The van der Waals surface area contributed by atoms with E-state index in [0.717, 1.165) is 18.6 Å². The summed E-state index contributed by atoms with van der Waals surface area (Å²) in [6.07, 6.45) is 9.05. The van der Waals surface area contributed by atoms with Crippen molar-refractivity contribution in [3.05, 3.63) is 11.8 Å². The molecular weight excluding hydrogens is 208 g/mol. The minimum Gasteiger partial charge on any atom is -0.500 e. The fourth-order valence-electron chi connectivity index (χ4n) is 2.36. The third kappa shape index (κ3) is 2.63. The zero-order valence-electron chi connectivity index (χ0n) is 9.46. The lowest BCUT2D eigenvalue weighted by atomic mass is 10.1. The van der Waals surface area contributed by atoms with Crippen molar-refractivity contribution >= 4 is 10.8 Å². The summed E-state index contributed by atoms with van der Waals surface area (Å²) in [4.78, 5) is 0. The van der Waals surface area contributed by atoms with Crippen molar-refractivity contribution in [1.29, 1.82) is 0 Å². The molecule has 2 aliphatic rings. The van der Waals surface area contributed by atoms with Gasteiger partial charge in [-0.25, -0.2) is 0 Å². The van der Waals surface area contributed by atoms with E-state index in [0.29, 0.717) is 6.61 Å². The van der Waals surface area contributed by atoms with E-state index in [4.69, 9.17) is 4.74 Å². The van der Waals surface area contributed by atoms with Gasteiger partial charge < -0.3 is 4.74 Å². The van der Waals surface area contributed by atoms with Gasteiger partial charge in [-0.3, -0.25) is 4.21 Å². The van der Waals surface area contributed by atoms with Crippen LogP contribution in [-0.4, -0.2) is 21.3 Å². The van der Waals surface area contributed by atoms with Crippen molar-refractivity contribution in [2.24, 2.45) is 0 Å². The normalized spacial score (nSPS) is 35.8. The second kappa shape index (κ2) is 4.69. The molecule has 2 fully saturated rings. The number of hydrogen-bond acceptors (Lipinski definition) is 2. The second-order valence-corrected chi connectivity index (χ2v) is 6.98. The molecule has 0 bridgehead atoms. The van der Waals surface area contributed by atoms with Crippen molar-refractivity contribution in [3.63, 3.8) is 0 Å². The van der Waals surface area contributed by atoms with E-state index in [1.807, 2.05) is 6.26 Å². The molecule has 3 heteroatoms. The first-order valence-electron chi connectivity index (χ1n) is 5.89. The summed E-state index contributed by atoms with van der Waals surface area (Å²) in [6, 6.07) is 0. The Morgan fingerprint density at radius 3 is 2.73 bits per heavy atom. The van der Waals surface area contributed by atoms with Gasteiger partial charge in [0.05, 0.1) is 11.0 Å². The Balaban J connectivity index is 1.82. The Bertz CT molecular complexity index is 277. The molecule has 86 valence electrons. The first-order chi connectivity index (χ1) is 7.21. The van der Waals surface area contributed by atoms with Crippen molar-refractivity contribution < 1.29 is 8.95 Å². The zero-order chi connectivity index (χ0) is 10.7. The van der Waals surface area contributed by atoms with Gasteiger partial charge in [0.25, 0.3) is 0 Å². The lowest BCUT2D eigenvalue weighted by molar-refractivity contribution is 0.212. The maximum atomic E-state index is 11.7. The molecule has 15 heavy (non-hydrogen) atoms. The van der Waals surface area contributed by atoms with Gasteiger partial charge in [-0.15, -0.1) is 0 Å². The molecule has 1 aliphatic carbocycles. The Morgan fingerprint density at radius 1 is 1.40 bits per heavy atom. The van der Waals surface area contributed by atoms with Crippen LogP contribution in [-0.2, 0) is 15.5 Å². The van der Waals surface area contributed by atoms with Gasteiger partial charge in [0, 0.05) is 16.6 Å². The maximum absolute atomic E-state index is 11.7. The molecule has 0 aromatic carbocycles. The summed E-state index contributed by atoms with van der Waals surface area (Å²) in [5, 5.41) is 0. The molecule has 2 unspecified atom stereocenters. The average Bonchev–Trinajstić information content (AvgIpc) is 2.79. The Kier molecular flexibility index (Phi) is 3.49. The molecule has 1 heterocycles. The molecule has 2 rings (SSSR count). The van der Waals surface area contributed by atoms with Gasteiger partial charge in [0.2, 0.25) is 0 Å². The van der Waals surface area contributed by atoms with Crippen LogP contribution in [0.5, 0.6) is 0 Å². The number of ether oxygens (including phenoxy) is 1. The van der Waals surface area contributed by atoms with Gasteiger partial charge in [-0.05, 0) is 51.0 Å². The highest BCUT2D eigenvalue weighted by Crippen LogP contribution is 2.29. The topological polar surface area (TPSA) is 26.3 Å². The minimum absolute atomic E-state index is 0.0876. The van der Waals surface area contributed by atoms with Crippen molar-refractivity contribution in [2.75, 3.05) is 12.4 Å². The lowest BCUT2D eigenvalue weighted by Crippen LogP contribution is -2.31. The van der Waals surface area contributed by atoms with Gasteiger partial charge in [-0.1, -0.05) is 0 Å². The number of rotatable bonds is 3. The summed E-state index contributed by atoms with van der Waals surface area (Å²) in [7, 11) is -0.683. The molecule has 0 radical (unpaired) electrons. The highest BCUT2D eigenvalue weighted by atomic mass is 32.2. The summed E-state index contributed by atoms with van der Waals surface area (Å²) in [5.41, 5.74) is 1.43. The monoisotopic (exact) mass is 228 g/mol. The molecule has 0 spiro atoms. The molecule has 0 aromatic rings. The second-order valence-electron chi connectivity index (χ2n) is 4.90. The van der Waals surface area contributed by atoms with E-state index in [1.165, 1.54) is 31.3 Å². The lowest BCUT2D eigenvalue weighted by Gasteiger charge is -2.21. The van der Waals surface area contributed by atoms with Gasteiger partial charge in [-0.2, -0.15) is 0 Å². The van der Waals surface area contributed by atoms with Crippen LogP contribution in [0.4, 0.5) is 0 Å².